The van der Waals surface area contributed by atoms with Gasteiger partial charge in [-0.05, 0) is 12.1 Å². The first-order valence-corrected chi connectivity index (χ1v) is 4.19. The lowest BCUT2D eigenvalue weighted by atomic mass is 10.3. The molecule has 0 spiro atoms. The first-order valence-electron chi connectivity index (χ1n) is 4.19. The zero-order valence-corrected chi connectivity index (χ0v) is 7.18. The van der Waals surface area contributed by atoms with Gasteiger partial charge in [-0.3, -0.25) is 14.9 Å². The molecule has 0 fully saturated rings. The second-order valence-electron chi connectivity index (χ2n) is 3.00. The molecule has 0 aliphatic carbocycles. The Morgan fingerprint density at radius 3 is 3.08 bits per heavy atom. The summed E-state index contributed by atoms with van der Waals surface area (Å²) in [6.07, 6.45) is 6.75. The number of nitrogens with one attached hydrogen (secondary N) is 1. The SMILES string of the molecule is [O-][N+]1(c2cccnc2)C=CCNC1. The first kappa shape index (κ1) is 8.37. The molecule has 2 heterocycles. The molecule has 1 aromatic rings. The number of nitrogens with zero attached hydrogens (tertiary/aromatic N) is 2. The summed E-state index contributed by atoms with van der Waals surface area (Å²) in [4.78, 5) is 3.93. The van der Waals surface area contributed by atoms with Gasteiger partial charge in [-0.25, -0.2) is 0 Å². The summed E-state index contributed by atoms with van der Waals surface area (Å²) >= 11 is 0. The van der Waals surface area contributed by atoms with Gasteiger partial charge in [0.25, 0.3) is 0 Å². The van der Waals surface area contributed by atoms with Gasteiger partial charge in [0.1, 0.15) is 6.67 Å². The number of hydroxylamine groups is 2. The van der Waals surface area contributed by atoms with Crippen LogP contribution in [0, 0.1) is 5.21 Å². The Morgan fingerprint density at radius 2 is 2.46 bits per heavy atom. The van der Waals surface area contributed by atoms with Gasteiger partial charge in [-0.2, -0.15) is 0 Å². The molecular formula is C9H11N3O. The van der Waals surface area contributed by atoms with E-state index in [0.29, 0.717) is 12.4 Å². The summed E-state index contributed by atoms with van der Waals surface area (Å²) in [5.74, 6) is 0. The molecule has 0 saturated heterocycles. The highest BCUT2D eigenvalue weighted by atomic mass is 16.5. The van der Waals surface area contributed by atoms with Crippen LogP contribution < -0.4 is 9.96 Å². The van der Waals surface area contributed by atoms with Gasteiger partial charge in [0, 0.05) is 18.8 Å². The Kier molecular flexibility index (Phi) is 2.10. The summed E-state index contributed by atoms with van der Waals surface area (Å²) in [5, 5.41) is 15.1. The molecule has 68 valence electrons. The highest BCUT2D eigenvalue weighted by Gasteiger charge is 2.19. The van der Waals surface area contributed by atoms with Gasteiger partial charge in [0.15, 0.2) is 5.69 Å². The number of quaternary nitrogens is 1. The number of rotatable bonds is 1. The van der Waals surface area contributed by atoms with E-state index in [1.807, 2.05) is 6.08 Å². The molecule has 2 rings (SSSR count). The summed E-state index contributed by atoms with van der Waals surface area (Å²) in [6, 6.07) is 3.56. The Morgan fingerprint density at radius 1 is 1.54 bits per heavy atom. The van der Waals surface area contributed by atoms with Crippen molar-refractivity contribution in [3.05, 3.63) is 42.0 Å². The van der Waals surface area contributed by atoms with E-state index >= 15 is 0 Å². The summed E-state index contributed by atoms with van der Waals surface area (Å²) < 4.78 is -0.464. The first-order chi connectivity index (χ1) is 6.31. The van der Waals surface area contributed by atoms with Crippen LogP contribution in [0.5, 0.6) is 0 Å². The maximum atomic E-state index is 12.1. The number of hydrogen-bond donors (Lipinski definition) is 1. The molecule has 1 aromatic heterocycles. The molecule has 1 atom stereocenters. The highest BCUT2D eigenvalue weighted by Crippen LogP contribution is 2.21. The summed E-state index contributed by atoms with van der Waals surface area (Å²) in [6.45, 7) is 1.14. The molecule has 1 N–H and O–H groups in total. The Hall–Kier alpha value is -1.23. The molecule has 1 aliphatic heterocycles. The Labute approximate surface area is 76.7 Å². The van der Waals surface area contributed by atoms with Crippen molar-refractivity contribution in [2.24, 2.45) is 0 Å². The number of hydrogen-bond acceptors (Lipinski definition) is 3. The molecule has 0 saturated carbocycles. The van der Waals surface area contributed by atoms with Crippen molar-refractivity contribution in [1.29, 1.82) is 0 Å². The van der Waals surface area contributed by atoms with Crippen molar-refractivity contribution in [2.75, 3.05) is 13.2 Å². The van der Waals surface area contributed by atoms with Crippen LogP contribution in [0.3, 0.4) is 0 Å². The predicted molar refractivity (Wildman–Crippen MR) is 51.4 cm³/mol. The van der Waals surface area contributed by atoms with Crippen LogP contribution in [0.1, 0.15) is 0 Å². The van der Waals surface area contributed by atoms with Crippen LogP contribution in [-0.4, -0.2) is 18.2 Å². The molecule has 1 unspecified atom stereocenters. The summed E-state index contributed by atoms with van der Waals surface area (Å²) in [7, 11) is 0. The third-order valence-electron chi connectivity index (χ3n) is 2.04. The predicted octanol–water partition coefficient (Wildman–Crippen LogP) is 0.961. The van der Waals surface area contributed by atoms with E-state index in [4.69, 9.17) is 0 Å². The van der Waals surface area contributed by atoms with Crippen molar-refractivity contribution in [3.63, 3.8) is 0 Å². The second kappa shape index (κ2) is 3.26. The minimum atomic E-state index is -0.464. The molecular weight excluding hydrogens is 166 g/mol. The monoisotopic (exact) mass is 177 g/mol. The van der Waals surface area contributed by atoms with Crippen LogP contribution in [-0.2, 0) is 0 Å². The van der Waals surface area contributed by atoms with E-state index in [2.05, 4.69) is 10.3 Å². The largest absolute Gasteiger partial charge is 0.621 e. The fourth-order valence-electron chi connectivity index (χ4n) is 1.34. The number of pyridine rings is 1. The highest BCUT2D eigenvalue weighted by molar-refractivity contribution is 5.43. The van der Waals surface area contributed by atoms with Crippen molar-refractivity contribution in [1.82, 2.24) is 14.9 Å². The van der Waals surface area contributed by atoms with E-state index in [1.54, 1.807) is 30.7 Å². The molecule has 13 heavy (non-hydrogen) atoms. The van der Waals surface area contributed by atoms with Crippen molar-refractivity contribution < 1.29 is 0 Å². The van der Waals surface area contributed by atoms with Gasteiger partial charge in [0.05, 0.1) is 12.4 Å². The van der Waals surface area contributed by atoms with Gasteiger partial charge in [-0.1, -0.05) is 0 Å². The fraction of sp³-hybridized carbons (Fsp3) is 0.222. The number of aromatic nitrogens is 1. The smallest absolute Gasteiger partial charge is 0.157 e. The standard InChI is InChI=1S/C9H11N3O/c13-12(6-2-5-11-8-12)9-3-1-4-10-7-9/h1-4,6-7,11H,5,8H2. The van der Waals surface area contributed by atoms with Crippen molar-refractivity contribution in [2.45, 2.75) is 0 Å². The van der Waals surface area contributed by atoms with E-state index in [1.165, 1.54) is 0 Å². The minimum absolute atomic E-state index is 0.377. The molecule has 1 aliphatic rings. The zero-order chi connectivity index (χ0) is 9.15. The average Bonchev–Trinajstić information content (AvgIpc) is 2.20. The van der Waals surface area contributed by atoms with Crippen molar-refractivity contribution in [3.8, 4) is 0 Å². The van der Waals surface area contributed by atoms with E-state index in [-0.39, 0.29) is 0 Å². The van der Waals surface area contributed by atoms with Crippen LogP contribution in [0.15, 0.2) is 36.8 Å². The van der Waals surface area contributed by atoms with E-state index < -0.39 is 4.65 Å². The van der Waals surface area contributed by atoms with Crippen LogP contribution >= 0.6 is 0 Å². The fourth-order valence-corrected chi connectivity index (χ4v) is 1.34. The lowest BCUT2D eigenvalue weighted by molar-refractivity contribution is 0.428. The van der Waals surface area contributed by atoms with E-state index in [9.17, 15) is 5.21 Å². The van der Waals surface area contributed by atoms with Crippen LogP contribution in [0.4, 0.5) is 5.69 Å². The third-order valence-corrected chi connectivity index (χ3v) is 2.04. The normalized spacial score (nSPS) is 27.5. The molecule has 0 bridgehead atoms. The van der Waals surface area contributed by atoms with Gasteiger partial charge in [-0.15, -0.1) is 0 Å². The lowest BCUT2D eigenvalue weighted by Crippen LogP contribution is -2.47. The van der Waals surface area contributed by atoms with E-state index in [0.717, 1.165) is 6.54 Å². The van der Waals surface area contributed by atoms with Crippen LogP contribution in [0.25, 0.3) is 0 Å². The Balaban J connectivity index is 2.34. The van der Waals surface area contributed by atoms with Gasteiger partial charge >= 0.3 is 0 Å². The molecule has 0 radical (unpaired) electrons. The maximum absolute atomic E-state index is 12.1. The van der Waals surface area contributed by atoms with Gasteiger partial charge in [0.2, 0.25) is 0 Å². The molecule has 0 aromatic carbocycles. The van der Waals surface area contributed by atoms with Crippen molar-refractivity contribution >= 4 is 5.69 Å². The Bertz CT molecular complexity index is 312. The molecule has 4 nitrogen and oxygen atoms in total. The molecule has 4 heteroatoms. The van der Waals surface area contributed by atoms with Gasteiger partial charge < -0.3 is 5.21 Å². The minimum Gasteiger partial charge on any atom is -0.621 e. The topological polar surface area (TPSA) is 48.0 Å². The zero-order valence-electron chi connectivity index (χ0n) is 7.18. The summed E-state index contributed by atoms with van der Waals surface area (Å²) in [5.41, 5.74) is 0.658. The average molecular weight is 177 g/mol. The second-order valence-corrected chi connectivity index (χ2v) is 3.00. The lowest BCUT2D eigenvalue weighted by Gasteiger charge is -2.39. The third kappa shape index (κ3) is 1.60. The quantitative estimate of drug-likeness (QED) is 0.513. The van der Waals surface area contributed by atoms with Crippen LogP contribution in [0.2, 0.25) is 0 Å². The maximum Gasteiger partial charge on any atom is 0.157 e. The molecule has 0 amide bonds.